The smallest absolute Gasteiger partial charge is 0.361 e. The van der Waals surface area contributed by atoms with E-state index in [1.807, 2.05) is 45.9 Å². The van der Waals surface area contributed by atoms with Gasteiger partial charge >= 0.3 is 19.5 Å². The summed E-state index contributed by atoms with van der Waals surface area (Å²) in [7, 11) is -4.52. The maximum Gasteiger partial charge on any atom is 0.361 e. The first-order valence-electron chi connectivity index (χ1n) is 13.2. The lowest BCUT2D eigenvalue weighted by Crippen LogP contribution is -2.51. The van der Waals surface area contributed by atoms with E-state index in [1.54, 1.807) is 19.9 Å². The summed E-state index contributed by atoms with van der Waals surface area (Å²) < 4.78 is 29.3. The Labute approximate surface area is 233 Å². The number of hydrogen-bond donors (Lipinski definition) is 4. The minimum absolute atomic E-state index is 0.140. The Kier molecular flexibility index (Phi) is 10.5. The molecule has 0 amide bonds. The number of carbonyl (C=O) groups excluding carboxylic acids is 2. The Bertz CT molecular complexity index is 1400. The van der Waals surface area contributed by atoms with Gasteiger partial charge in [0.15, 0.2) is 0 Å². The van der Waals surface area contributed by atoms with Crippen molar-refractivity contribution >= 4 is 35.9 Å². The molecule has 0 radical (unpaired) electrons. The van der Waals surface area contributed by atoms with Crippen molar-refractivity contribution in [3.05, 3.63) is 58.1 Å². The van der Waals surface area contributed by atoms with Crippen LogP contribution in [0.2, 0.25) is 0 Å². The Hall–Kier alpha value is -3.21. The zero-order valence-electron chi connectivity index (χ0n) is 23.7. The zero-order chi connectivity index (χ0) is 29.6. The summed E-state index contributed by atoms with van der Waals surface area (Å²) in [5.41, 5.74) is 9.97. The van der Waals surface area contributed by atoms with Gasteiger partial charge in [0.2, 0.25) is 5.50 Å². The number of carbonyl (C=O) groups is 2. The van der Waals surface area contributed by atoms with Crippen LogP contribution in [0.3, 0.4) is 0 Å². The predicted molar refractivity (Wildman–Crippen MR) is 151 cm³/mol. The number of rotatable bonds is 13. The Morgan fingerprint density at radius 1 is 1.02 bits per heavy atom. The highest BCUT2D eigenvalue weighted by molar-refractivity contribution is 7.63. The largest absolute Gasteiger partial charge is 0.508 e. The van der Waals surface area contributed by atoms with Crippen LogP contribution in [0.1, 0.15) is 61.4 Å². The summed E-state index contributed by atoms with van der Waals surface area (Å²) in [4.78, 5) is 35.6. The van der Waals surface area contributed by atoms with Crippen LogP contribution in [0.5, 0.6) is 5.75 Å². The predicted octanol–water partition coefficient (Wildman–Crippen LogP) is 3.72. The summed E-state index contributed by atoms with van der Waals surface area (Å²) in [5, 5.41) is 10.9. The third-order valence-corrected chi connectivity index (χ3v) is 8.06. The molecular formula is C28H38N3O8P. The Balaban J connectivity index is 1.96. The van der Waals surface area contributed by atoms with Gasteiger partial charge in [0, 0.05) is 5.39 Å². The van der Waals surface area contributed by atoms with Crippen molar-refractivity contribution in [3.63, 3.8) is 0 Å². The number of benzene rings is 2. The average molecular weight is 576 g/mol. The number of furan rings is 1. The monoisotopic (exact) mass is 575 g/mol. The van der Waals surface area contributed by atoms with Crippen LogP contribution in [0.25, 0.3) is 11.0 Å². The molecule has 1 unspecified atom stereocenters. The number of fused-ring (bicyclic) bond motifs is 1. The quantitative estimate of drug-likeness (QED) is 0.134. The third-order valence-electron chi connectivity index (χ3n) is 6.44. The molecule has 0 bridgehead atoms. The fraction of sp³-hybridized carbons (Fsp3) is 0.429. The number of ether oxygens (including phenoxy) is 2. The lowest BCUT2D eigenvalue weighted by molar-refractivity contribution is -0.143. The van der Waals surface area contributed by atoms with Gasteiger partial charge in [-0.1, -0.05) is 30.9 Å². The number of hydrazine groups is 2. The molecule has 1 heterocycles. The molecule has 0 aliphatic rings. The summed E-state index contributed by atoms with van der Waals surface area (Å²) in [5.74, 6) is -0.877. The van der Waals surface area contributed by atoms with Crippen molar-refractivity contribution in [2.75, 3.05) is 26.3 Å². The van der Waals surface area contributed by atoms with Crippen molar-refractivity contribution < 1.29 is 38.0 Å². The van der Waals surface area contributed by atoms with E-state index in [1.165, 1.54) is 6.07 Å². The van der Waals surface area contributed by atoms with E-state index < -0.39 is 32.5 Å². The van der Waals surface area contributed by atoms with E-state index in [4.69, 9.17) is 13.9 Å². The van der Waals surface area contributed by atoms with Gasteiger partial charge in [0.1, 0.15) is 24.4 Å². The number of aromatic hydroxyl groups is 1. The van der Waals surface area contributed by atoms with Crippen molar-refractivity contribution in [2.45, 2.75) is 53.9 Å². The number of nitrogens with one attached hydrogen (secondary N) is 2. The molecular weight excluding hydrogens is 537 g/mol. The normalized spacial score (nSPS) is 13.1. The van der Waals surface area contributed by atoms with Gasteiger partial charge in [-0.25, -0.2) is 10.9 Å². The van der Waals surface area contributed by atoms with Crippen LogP contribution >= 0.6 is 7.52 Å². The van der Waals surface area contributed by atoms with E-state index in [2.05, 4.69) is 10.9 Å². The molecule has 0 saturated heterocycles. The number of nitrogens with zero attached hydrogens (tertiary/aromatic N) is 1. The summed E-state index contributed by atoms with van der Waals surface area (Å²) in [6, 6.07) is 8.89. The van der Waals surface area contributed by atoms with E-state index >= 15 is 0 Å². The van der Waals surface area contributed by atoms with Gasteiger partial charge < -0.3 is 23.9 Å². The number of phenols is 1. The standard InChI is InChI=1S/C28H38N3O8P/c1-7-37-26(33)15-29-31(30-16-27(34)38-8-2)40(35,36)28-14-23-19(6)22(18(5)11-25(23)39-28)13-20-9-10-24(32)21(12-20)17(3)4/h9-12,14,17,29-30,32H,7-8,13,15-16H2,1-6H3,(H,35,36). The number of phenolic OH excluding ortho intramolecular Hbond substituents is 1. The first-order valence-corrected chi connectivity index (χ1v) is 14.8. The summed E-state index contributed by atoms with van der Waals surface area (Å²) in [6.45, 7) is 10.6. The van der Waals surface area contributed by atoms with E-state index in [-0.39, 0.29) is 30.4 Å². The first-order chi connectivity index (χ1) is 18.9. The molecule has 0 aliphatic heterocycles. The molecule has 12 heteroatoms. The molecule has 218 valence electrons. The van der Waals surface area contributed by atoms with Crippen molar-refractivity contribution in [3.8, 4) is 5.75 Å². The molecule has 40 heavy (non-hydrogen) atoms. The lowest BCUT2D eigenvalue weighted by Gasteiger charge is -2.26. The molecule has 11 nitrogen and oxygen atoms in total. The van der Waals surface area contributed by atoms with Crippen LogP contribution < -0.4 is 16.4 Å². The number of aryl methyl sites for hydroxylation is 2. The molecule has 3 rings (SSSR count). The van der Waals surface area contributed by atoms with Gasteiger partial charge in [-0.2, -0.15) is 0 Å². The maximum atomic E-state index is 13.7. The van der Waals surface area contributed by atoms with Crippen LogP contribution in [-0.2, 0) is 30.0 Å². The number of hydrogen-bond acceptors (Lipinski definition) is 9. The minimum Gasteiger partial charge on any atom is -0.508 e. The summed E-state index contributed by atoms with van der Waals surface area (Å²) >= 11 is 0. The van der Waals surface area contributed by atoms with E-state index in [9.17, 15) is 24.2 Å². The lowest BCUT2D eigenvalue weighted by atomic mass is 9.91. The van der Waals surface area contributed by atoms with E-state index in [0.717, 1.165) is 27.8 Å². The fourth-order valence-electron chi connectivity index (χ4n) is 4.38. The molecule has 3 aromatic rings. The van der Waals surface area contributed by atoms with Crippen LogP contribution in [0.15, 0.2) is 34.7 Å². The van der Waals surface area contributed by atoms with Gasteiger partial charge in [-0.3, -0.25) is 14.2 Å². The van der Waals surface area contributed by atoms with Crippen LogP contribution in [0.4, 0.5) is 0 Å². The topological polar surface area (TPSA) is 151 Å². The van der Waals surface area contributed by atoms with Crippen LogP contribution in [-0.4, -0.2) is 53.1 Å². The molecule has 4 N–H and O–H groups in total. The van der Waals surface area contributed by atoms with Gasteiger partial charge in [0.05, 0.1) is 13.2 Å². The second-order valence-corrected chi connectivity index (χ2v) is 11.6. The van der Waals surface area contributed by atoms with Crippen molar-refractivity contribution in [1.29, 1.82) is 0 Å². The second kappa shape index (κ2) is 13.4. The minimum atomic E-state index is -4.52. The van der Waals surface area contributed by atoms with Gasteiger partial charge in [0.25, 0.3) is 0 Å². The third kappa shape index (κ3) is 7.30. The molecule has 1 aromatic heterocycles. The maximum absolute atomic E-state index is 13.7. The van der Waals surface area contributed by atoms with Gasteiger partial charge in [-0.05, 0) is 86.1 Å². The highest BCUT2D eigenvalue weighted by Gasteiger charge is 2.36. The van der Waals surface area contributed by atoms with Crippen LogP contribution in [0, 0.1) is 13.8 Å². The first kappa shape index (κ1) is 31.3. The van der Waals surface area contributed by atoms with Crippen molar-refractivity contribution in [2.24, 2.45) is 0 Å². The fourth-order valence-corrected chi connectivity index (χ4v) is 5.62. The second-order valence-electron chi connectivity index (χ2n) is 9.65. The molecule has 0 aliphatic carbocycles. The molecule has 1 atom stereocenters. The Morgan fingerprint density at radius 2 is 1.62 bits per heavy atom. The van der Waals surface area contributed by atoms with E-state index in [0.29, 0.717) is 22.3 Å². The Morgan fingerprint density at radius 3 is 2.17 bits per heavy atom. The number of esters is 2. The van der Waals surface area contributed by atoms with Crippen molar-refractivity contribution in [1.82, 2.24) is 15.7 Å². The molecule has 2 aromatic carbocycles. The SMILES string of the molecule is CCOC(=O)CNN(NCC(=O)OCC)P(=O)(O)c1cc2c(C)c(Cc3ccc(O)c(C(C)C)c3)c(C)cc2o1. The highest BCUT2D eigenvalue weighted by Crippen LogP contribution is 2.43. The molecule has 0 spiro atoms. The molecule has 0 fully saturated rings. The van der Waals surface area contributed by atoms with Gasteiger partial charge in [-0.15, -0.1) is 0 Å². The summed E-state index contributed by atoms with van der Waals surface area (Å²) in [6.07, 6.45) is 0.596. The molecule has 0 saturated carbocycles. The highest BCUT2D eigenvalue weighted by atomic mass is 31.2. The average Bonchev–Trinajstić information content (AvgIpc) is 3.32. The zero-order valence-corrected chi connectivity index (χ0v) is 24.6.